The number of hydrogen-bond donors (Lipinski definition) is 2. The van der Waals surface area contributed by atoms with E-state index in [1.165, 1.54) is 0 Å². The SMILES string of the molecule is Cc1cc(=O)n(C)cc1-c1ccc(NC(=O)[C@@H](N)C(c2ccccc2)c2ccccc2)cc1.Cl. The van der Waals surface area contributed by atoms with E-state index in [9.17, 15) is 9.59 Å². The maximum absolute atomic E-state index is 13.1. The molecule has 0 saturated carbocycles. The Morgan fingerprint density at radius 2 is 1.41 bits per heavy atom. The van der Waals surface area contributed by atoms with Crippen molar-refractivity contribution in [3.63, 3.8) is 0 Å². The van der Waals surface area contributed by atoms with Gasteiger partial charge in [0.2, 0.25) is 5.91 Å². The zero-order valence-corrected chi connectivity index (χ0v) is 20.0. The topological polar surface area (TPSA) is 77.1 Å². The van der Waals surface area contributed by atoms with Gasteiger partial charge in [0.25, 0.3) is 5.56 Å². The lowest BCUT2D eigenvalue weighted by molar-refractivity contribution is -0.117. The number of benzene rings is 3. The highest BCUT2D eigenvalue weighted by Crippen LogP contribution is 2.28. The normalized spacial score (nSPS) is 11.5. The second-order valence-corrected chi connectivity index (χ2v) is 8.21. The molecule has 0 bridgehead atoms. The number of halogens is 1. The number of amides is 1. The van der Waals surface area contributed by atoms with Crippen LogP contribution in [0.5, 0.6) is 0 Å². The first-order valence-electron chi connectivity index (χ1n) is 10.9. The Hall–Kier alpha value is -3.67. The number of nitrogens with one attached hydrogen (secondary N) is 1. The number of aromatic nitrogens is 1. The molecule has 6 heteroatoms. The van der Waals surface area contributed by atoms with E-state index in [1.54, 1.807) is 17.7 Å². The van der Waals surface area contributed by atoms with Crippen LogP contribution in [-0.2, 0) is 11.8 Å². The van der Waals surface area contributed by atoms with Crippen LogP contribution in [0.3, 0.4) is 0 Å². The van der Waals surface area contributed by atoms with Crippen LogP contribution in [0.15, 0.2) is 102 Å². The Morgan fingerprint density at radius 1 is 0.882 bits per heavy atom. The third-order valence-electron chi connectivity index (χ3n) is 5.88. The Kier molecular flexibility index (Phi) is 8.05. The molecule has 0 fully saturated rings. The first-order valence-corrected chi connectivity index (χ1v) is 10.9. The smallest absolute Gasteiger partial charge is 0.250 e. The van der Waals surface area contributed by atoms with Gasteiger partial charge < -0.3 is 15.6 Å². The van der Waals surface area contributed by atoms with Crippen LogP contribution >= 0.6 is 12.4 Å². The van der Waals surface area contributed by atoms with Gasteiger partial charge >= 0.3 is 0 Å². The highest BCUT2D eigenvalue weighted by Gasteiger charge is 2.27. The molecule has 1 aromatic heterocycles. The van der Waals surface area contributed by atoms with E-state index >= 15 is 0 Å². The summed E-state index contributed by atoms with van der Waals surface area (Å²) in [6.45, 7) is 1.92. The first kappa shape index (κ1) is 25.0. The fraction of sp³-hybridized carbons (Fsp3) is 0.143. The lowest BCUT2D eigenvalue weighted by Gasteiger charge is -2.24. The summed E-state index contributed by atoms with van der Waals surface area (Å²) in [4.78, 5) is 24.9. The molecule has 0 aliphatic rings. The van der Waals surface area contributed by atoms with Crippen molar-refractivity contribution in [2.24, 2.45) is 12.8 Å². The van der Waals surface area contributed by atoms with Crippen LogP contribution in [0.1, 0.15) is 22.6 Å². The Morgan fingerprint density at radius 3 is 1.94 bits per heavy atom. The number of nitrogens with zero attached hydrogens (tertiary/aromatic N) is 1. The minimum absolute atomic E-state index is 0. The summed E-state index contributed by atoms with van der Waals surface area (Å²) in [7, 11) is 1.73. The molecule has 3 aromatic carbocycles. The van der Waals surface area contributed by atoms with Crippen molar-refractivity contribution in [1.29, 1.82) is 0 Å². The summed E-state index contributed by atoms with van der Waals surface area (Å²) in [5.74, 6) is -0.515. The zero-order valence-electron chi connectivity index (χ0n) is 19.1. The van der Waals surface area contributed by atoms with E-state index in [2.05, 4.69) is 5.32 Å². The van der Waals surface area contributed by atoms with Crippen LogP contribution in [0.4, 0.5) is 5.69 Å². The molecule has 0 unspecified atom stereocenters. The van der Waals surface area contributed by atoms with E-state index < -0.39 is 6.04 Å². The van der Waals surface area contributed by atoms with Gasteiger partial charge in [-0.3, -0.25) is 9.59 Å². The summed E-state index contributed by atoms with van der Waals surface area (Å²) in [6.07, 6.45) is 1.82. The summed E-state index contributed by atoms with van der Waals surface area (Å²) < 4.78 is 1.56. The van der Waals surface area contributed by atoms with Gasteiger partial charge in [-0.1, -0.05) is 72.8 Å². The molecule has 1 atom stereocenters. The molecule has 0 aliphatic heterocycles. The molecule has 0 saturated heterocycles. The summed E-state index contributed by atoms with van der Waals surface area (Å²) >= 11 is 0. The van der Waals surface area contributed by atoms with E-state index in [4.69, 9.17) is 5.73 Å². The highest BCUT2D eigenvalue weighted by atomic mass is 35.5. The number of carbonyl (C=O) groups excluding carboxylic acids is 1. The van der Waals surface area contributed by atoms with Crippen molar-refractivity contribution >= 4 is 24.0 Å². The van der Waals surface area contributed by atoms with Crippen LogP contribution in [0.2, 0.25) is 0 Å². The molecule has 34 heavy (non-hydrogen) atoms. The first-order chi connectivity index (χ1) is 15.9. The minimum atomic E-state index is -0.764. The predicted molar refractivity (Wildman–Crippen MR) is 140 cm³/mol. The van der Waals surface area contributed by atoms with E-state index in [1.807, 2.05) is 98.0 Å². The third-order valence-corrected chi connectivity index (χ3v) is 5.88. The minimum Gasteiger partial charge on any atom is -0.325 e. The highest BCUT2D eigenvalue weighted by molar-refractivity contribution is 5.96. The van der Waals surface area contributed by atoms with Crippen molar-refractivity contribution in [3.05, 3.63) is 124 Å². The standard InChI is InChI=1S/C28H27N3O2.ClH/c1-19-17-25(32)31(2)18-24(19)20-13-15-23(16-14-20)30-28(33)27(29)26(21-9-5-3-6-10-21)22-11-7-4-8-12-22;/h3-18,26-27H,29H2,1-2H3,(H,30,33);1H/t27-;/m0./s1. The van der Waals surface area contributed by atoms with Gasteiger partial charge in [0.05, 0.1) is 6.04 Å². The molecule has 0 aliphatic carbocycles. The quantitative estimate of drug-likeness (QED) is 0.419. The molecule has 1 amide bonds. The fourth-order valence-electron chi connectivity index (χ4n) is 4.06. The van der Waals surface area contributed by atoms with Crippen molar-refractivity contribution < 1.29 is 4.79 Å². The maximum Gasteiger partial charge on any atom is 0.250 e. The number of rotatable bonds is 6. The van der Waals surface area contributed by atoms with E-state index in [0.29, 0.717) is 5.69 Å². The lowest BCUT2D eigenvalue weighted by Crippen LogP contribution is -2.41. The molecule has 0 radical (unpaired) electrons. The number of aryl methyl sites for hydroxylation is 2. The number of carbonyl (C=O) groups is 1. The molecular weight excluding hydrogens is 446 g/mol. The second-order valence-electron chi connectivity index (χ2n) is 8.21. The average Bonchev–Trinajstić information content (AvgIpc) is 2.83. The molecular formula is C28H28ClN3O2. The van der Waals surface area contributed by atoms with Crippen molar-refractivity contribution in [2.75, 3.05) is 5.32 Å². The third kappa shape index (κ3) is 5.45. The van der Waals surface area contributed by atoms with Gasteiger partial charge in [-0.2, -0.15) is 0 Å². The van der Waals surface area contributed by atoms with Crippen molar-refractivity contribution in [3.8, 4) is 11.1 Å². The number of hydrogen-bond acceptors (Lipinski definition) is 3. The van der Waals surface area contributed by atoms with Gasteiger partial charge in [0.15, 0.2) is 0 Å². The van der Waals surface area contributed by atoms with Gasteiger partial charge in [-0.05, 0) is 41.3 Å². The Labute approximate surface area is 205 Å². The molecule has 1 heterocycles. The molecule has 174 valence electrons. The number of nitrogens with two attached hydrogens (primary N) is 1. The van der Waals surface area contributed by atoms with Crippen LogP contribution in [-0.4, -0.2) is 16.5 Å². The van der Waals surface area contributed by atoms with Gasteiger partial charge in [-0.15, -0.1) is 12.4 Å². The summed E-state index contributed by atoms with van der Waals surface area (Å²) in [5, 5.41) is 2.96. The summed E-state index contributed by atoms with van der Waals surface area (Å²) in [5.41, 5.74) is 12.0. The fourth-order valence-corrected chi connectivity index (χ4v) is 4.06. The number of pyridine rings is 1. The molecule has 3 N–H and O–H groups in total. The van der Waals surface area contributed by atoms with Gasteiger partial charge in [0.1, 0.15) is 0 Å². The van der Waals surface area contributed by atoms with Crippen LogP contribution < -0.4 is 16.6 Å². The van der Waals surface area contributed by atoms with Gasteiger partial charge in [-0.25, -0.2) is 0 Å². The lowest BCUT2D eigenvalue weighted by atomic mass is 9.85. The second kappa shape index (κ2) is 11.0. The molecule has 4 aromatic rings. The largest absolute Gasteiger partial charge is 0.325 e. The van der Waals surface area contributed by atoms with Crippen LogP contribution in [0.25, 0.3) is 11.1 Å². The molecule has 4 rings (SSSR count). The van der Waals surface area contributed by atoms with E-state index in [0.717, 1.165) is 27.8 Å². The monoisotopic (exact) mass is 473 g/mol. The number of anilines is 1. The molecule has 5 nitrogen and oxygen atoms in total. The van der Waals surface area contributed by atoms with Gasteiger partial charge in [0, 0.05) is 36.5 Å². The summed E-state index contributed by atoms with van der Waals surface area (Å²) in [6, 6.07) is 28.1. The predicted octanol–water partition coefficient (Wildman–Crippen LogP) is 4.88. The molecule has 0 spiro atoms. The Bertz CT molecular complexity index is 1260. The zero-order chi connectivity index (χ0) is 23.4. The maximum atomic E-state index is 13.1. The van der Waals surface area contributed by atoms with E-state index in [-0.39, 0.29) is 29.8 Å². The average molecular weight is 474 g/mol. The van der Waals surface area contributed by atoms with Crippen LogP contribution in [0, 0.1) is 6.92 Å². The Balaban J connectivity index is 0.00000324. The van der Waals surface area contributed by atoms with Crippen molar-refractivity contribution in [2.45, 2.75) is 18.9 Å². The van der Waals surface area contributed by atoms with Crippen molar-refractivity contribution in [1.82, 2.24) is 4.57 Å².